The first-order valence-electron chi connectivity index (χ1n) is 8.74. The summed E-state index contributed by atoms with van der Waals surface area (Å²) in [5.74, 6) is -1.10. The normalized spacial score (nSPS) is 16.1. The van der Waals surface area contributed by atoms with Crippen LogP contribution in [0.4, 0.5) is 5.69 Å². The lowest BCUT2D eigenvalue weighted by atomic mass is 10.1. The maximum Gasteiger partial charge on any atom is 0.254 e. The van der Waals surface area contributed by atoms with Crippen LogP contribution in [0.3, 0.4) is 0 Å². The number of nitrogens with zero attached hydrogens (tertiary/aromatic N) is 1. The highest BCUT2D eigenvalue weighted by Gasteiger charge is 2.34. The summed E-state index contributed by atoms with van der Waals surface area (Å²) in [7, 11) is 0. The van der Waals surface area contributed by atoms with Crippen molar-refractivity contribution in [2.75, 3.05) is 11.9 Å². The van der Waals surface area contributed by atoms with Gasteiger partial charge in [-0.05, 0) is 61.7 Å². The van der Waals surface area contributed by atoms with Crippen molar-refractivity contribution in [3.8, 4) is 0 Å². The summed E-state index contributed by atoms with van der Waals surface area (Å²) in [5, 5.41) is 3.54. The van der Waals surface area contributed by atoms with E-state index in [9.17, 15) is 14.4 Å². The molecular formula is C20H19Cl2N3O3. The van der Waals surface area contributed by atoms with Gasteiger partial charge in [-0.1, -0.05) is 23.2 Å². The largest absolute Gasteiger partial charge is 0.366 e. The first kappa shape index (κ1) is 20.2. The summed E-state index contributed by atoms with van der Waals surface area (Å²) in [5.41, 5.74) is 7.25. The smallest absolute Gasteiger partial charge is 0.254 e. The van der Waals surface area contributed by atoms with Gasteiger partial charge in [0.15, 0.2) is 0 Å². The van der Waals surface area contributed by atoms with Crippen molar-refractivity contribution < 1.29 is 14.4 Å². The van der Waals surface area contributed by atoms with Gasteiger partial charge in [0.1, 0.15) is 6.04 Å². The molecule has 1 fully saturated rings. The first-order valence-corrected chi connectivity index (χ1v) is 9.50. The summed E-state index contributed by atoms with van der Waals surface area (Å²) < 4.78 is 0. The van der Waals surface area contributed by atoms with Crippen molar-refractivity contribution in [2.24, 2.45) is 5.73 Å². The fourth-order valence-electron chi connectivity index (χ4n) is 3.37. The van der Waals surface area contributed by atoms with E-state index in [1.54, 1.807) is 31.2 Å². The van der Waals surface area contributed by atoms with Gasteiger partial charge in [-0.3, -0.25) is 14.4 Å². The quantitative estimate of drug-likeness (QED) is 0.791. The minimum atomic E-state index is -0.596. The number of carbonyl (C=O) groups is 3. The topological polar surface area (TPSA) is 92.5 Å². The molecule has 3 amide bonds. The SMILES string of the molecule is Cc1cc(NC(=O)C2CCCN2C(=O)c2cc(Cl)cc(Cl)c2)ccc1C(N)=O. The molecule has 0 radical (unpaired) electrons. The summed E-state index contributed by atoms with van der Waals surface area (Å²) in [6, 6.07) is 8.88. The van der Waals surface area contributed by atoms with Crippen molar-refractivity contribution in [2.45, 2.75) is 25.8 Å². The number of anilines is 1. The number of halogens is 2. The van der Waals surface area contributed by atoms with Gasteiger partial charge < -0.3 is 16.0 Å². The standard InChI is InChI=1S/C20H19Cl2N3O3/c1-11-7-15(4-5-16(11)18(23)26)24-19(27)17-3-2-6-25(17)20(28)12-8-13(21)10-14(22)9-12/h4-5,7-10,17H,2-3,6H2,1H3,(H2,23,26)(H,24,27). The van der Waals surface area contributed by atoms with E-state index in [0.717, 1.165) is 6.42 Å². The number of likely N-dealkylation sites (tertiary alicyclic amines) is 1. The van der Waals surface area contributed by atoms with E-state index in [2.05, 4.69) is 5.32 Å². The van der Waals surface area contributed by atoms with Crippen LogP contribution in [0.25, 0.3) is 0 Å². The first-order chi connectivity index (χ1) is 13.3. The Hall–Kier alpha value is -2.57. The van der Waals surface area contributed by atoms with Crippen molar-refractivity contribution in [3.05, 3.63) is 63.1 Å². The van der Waals surface area contributed by atoms with Crippen LogP contribution in [0.15, 0.2) is 36.4 Å². The van der Waals surface area contributed by atoms with E-state index in [1.165, 1.54) is 17.0 Å². The predicted molar refractivity (Wildman–Crippen MR) is 109 cm³/mol. The molecular weight excluding hydrogens is 401 g/mol. The fraction of sp³-hybridized carbons (Fsp3) is 0.250. The van der Waals surface area contributed by atoms with E-state index < -0.39 is 11.9 Å². The monoisotopic (exact) mass is 419 g/mol. The molecule has 1 aliphatic rings. The van der Waals surface area contributed by atoms with Gasteiger partial charge in [-0.15, -0.1) is 0 Å². The molecule has 1 atom stereocenters. The minimum absolute atomic E-state index is 0.287. The second-order valence-electron chi connectivity index (χ2n) is 6.70. The van der Waals surface area contributed by atoms with E-state index in [-0.39, 0.29) is 11.8 Å². The molecule has 1 saturated heterocycles. The van der Waals surface area contributed by atoms with Crippen molar-refractivity contribution in [1.82, 2.24) is 4.90 Å². The Morgan fingerprint density at radius 3 is 2.39 bits per heavy atom. The number of aryl methyl sites for hydroxylation is 1. The van der Waals surface area contributed by atoms with Gasteiger partial charge in [0, 0.05) is 33.4 Å². The highest BCUT2D eigenvalue weighted by molar-refractivity contribution is 6.35. The molecule has 0 spiro atoms. The summed E-state index contributed by atoms with van der Waals surface area (Å²) in [6.07, 6.45) is 1.28. The molecule has 3 N–H and O–H groups in total. The Labute approximate surface area is 172 Å². The van der Waals surface area contributed by atoms with Crippen molar-refractivity contribution in [3.63, 3.8) is 0 Å². The molecule has 3 rings (SSSR count). The van der Waals surface area contributed by atoms with Crippen LogP contribution >= 0.6 is 23.2 Å². The molecule has 0 bridgehead atoms. The number of amides is 3. The van der Waals surface area contributed by atoms with E-state index >= 15 is 0 Å². The van der Waals surface area contributed by atoms with Gasteiger partial charge >= 0.3 is 0 Å². The molecule has 2 aromatic carbocycles. The molecule has 1 heterocycles. The summed E-state index contributed by atoms with van der Waals surface area (Å²) >= 11 is 12.0. The Morgan fingerprint density at radius 1 is 1.11 bits per heavy atom. The molecule has 0 saturated carbocycles. The summed E-state index contributed by atoms with van der Waals surface area (Å²) in [4.78, 5) is 38.5. The van der Waals surface area contributed by atoms with Crippen LogP contribution in [0, 0.1) is 6.92 Å². The molecule has 1 aliphatic heterocycles. The number of carbonyl (C=O) groups excluding carboxylic acids is 3. The summed E-state index contributed by atoms with van der Waals surface area (Å²) in [6.45, 7) is 2.21. The lowest BCUT2D eigenvalue weighted by Gasteiger charge is -2.24. The Kier molecular flexibility index (Phi) is 5.91. The molecule has 2 aromatic rings. The molecule has 8 heteroatoms. The molecule has 0 aliphatic carbocycles. The zero-order valence-corrected chi connectivity index (χ0v) is 16.7. The highest BCUT2D eigenvalue weighted by Crippen LogP contribution is 2.25. The van der Waals surface area contributed by atoms with Gasteiger partial charge in [-0.2, -0.15) is 0 Å². The maximum atomic E-state index is 12.9. The average Bonchev–Trinajstić information content (AvgIpc) is 3.09. The lowest BCUT2D eigenvalue weighted by Crippen LogP contribution is -2.43. The third-order valence-electron chi connectivity index (χ3n) is 4.69. The van der Waals surface area contributed by atoms with Crippen molar-refractivity contribution in [1.29, 1.82) is 0 Å². The van der Waals surface area contributed by atoms with Crippen molar-refractivity contribution >= 4 is 46.6 Å². The van der Waals surface area contributed by atoms with E-state index in [0.29, 0.717) is 45.4 Å². The number of rotatable bonds is 4. The van der Waals surface area contributed by atoms with Gasteiger partial charge in [0.25, 0.3) is 5.91 Å². The van der Waals surface area contributed by atoms with Crippen LogP contribution in [0.2, 0.25) is 10.0 Å². The average molecular weight is 420 g/mol. The zero-order chi connectivity index (χ0) is 20.4. The number of primary amides is 1. The number of hydrogen-bond donors (Lipinski definition) is 2. The number of benzene rings is 2. The van der Waals surface area contributed by atoms with Crippen LogP contribution in [0.5, 0.6) is 0 Å². The van der Waals surface area contributed by atoms with E-state index in [4.69, 9.17) is 28.9 Å². The number of nitrogens with two attached hydrogens (primary N) is 1. The Morgan fingerprint density at radius 2 is 1.79 bits per heavy atom. The second-order valence-corrected chi connectivity index (χ2v) is 7.57. The van der Waals surface area contributed by atoms with Crippen LogP contribution < -0.4 is 11.1 Å². The number of nitrogens with one attached hydrogen (secondary N) is 1. The molecule has 0 aromatic heterocycles. The lowest BCUT2D eigenvalue weighted by molar-refractivity contribution is -0.119. The Balaban J connectivity index is 1.77. The second kappa shape index (κ2) is 8.20. The Bertz CT molecular complexity index is 941. The zero-order valence-electron chi connectivity index (χ0n) is 15.2. The fourth-order valence-corrected chi connectivity index (χ4v) is 3.89. The van der Waals surface area contributed by atoms with Crippen LogP contribution in [0.1, 0.15) is 39.1 Å². The van der Waals surface area contributed by atoms with E-state index in [1.807, 2.05) is 0 Å². The molecule has 28 heavy (non-hydrogen) atoms. The maximum absolute atomic E-state index is 12.9. The van der Waals surface area contributed by atoms with Crippen LogP contribution in [-0.4, -0.2) is 35.2 Å². The van der Waals surface area contributed by atoms with Gasteiger partial charge in [-0.25, -0.2) is 0 Å². The van der Waals surface area contributed by atoms with Gasteiger partial charge in [0.05, 0.1) is 0 Å². The molecule has 146 valence electrons. The van der Waals surface area contributed by atoms with Crippen LogP contribution in [-0.2, 0) is 4.79 Å². The third kappa shape index (κ3) is 4.29. The predicted octanol–water partition coefficient (Wildman–Crippen LogP) is 3.64. The minimum Gasteiger partial charge on any atom is -0.366 e. The molecule has 6 nitrogen and oxygen atoms in total. The third-order valence-corrected chi connectivity index (χ3v) is 5.12. The highest BCUT2D eigenvalue weighted by atomic mass is 35.5. The molecule has 1 unspecified atom stereocenters. The van der Waals surface area contributed by atoms with Gasteiger partial charge in [0.2, 0.25) is 11.8 Å². The number of hydrogen-bond acceptors (Lipinski definition) is 3.